The minimum Gasteiger partial charge on any atom is -0.376 e. The van der Waals surface area contributed by atoms with Crippen molar-refractivity contribution in [1.29, 1.82) is 0 Å². The minimum atomic E-state index is -0.763. The Balaban J connectivity index is 1.40. The van der Waals surface area contributed by atoms with Crippen molar-refractivity contribution in [2.24, 2.45) is 0 Å². The molecule has 9 heteroatoms. The Morgan fingerprint density at radius 2 is 1.32 bits per heavy atom. The molecular formula is C47H73NO8. The summed E-state index contributed by atoms with van der Waals surface area (Å²) in [4.78, 5) is 13.4. The number of nitrogens with one attached hydrogen (secondary N) is 1. The van der Waals surface area contributed by atoms with Crippen LogP contribution in [0.15, 0.2) is 73.3 Å². The molecule has 1 N–H and O–H groups in total. The summed E-state index contributed by atoms with van der Waals surface area (Å²) >= 11 is 0. The summed E-state index contributed by atoms with van der Waals surface area (Å²) in [5, 5.41) is 3.23. The summed E-state index contributed by atoms with van der Waals surface area (Å²) in [6.07, 6.45) is 18.0. The molecule has 2 aromatic carbocycles. The predicted octanol–water partition coefficient (Wildman–Crippen LogP) is 10.00. The highest BCUT2D eigenvalue weighted by molar-refractivity contribution is 5.76. The molecule has 2 aliphatic rings. The molecule has 2 fully saturated rings. The Hall–Kier alpha value is -2.63. The van der Waals surface area contributed by atoms with Crippen molar-refractivity contribution in [2.75, 3.05) is 26.4 Å². The molecule has 56 heavy (non-hydrogen) atoms. The molecule has 0 spiro atoms. The van der Waals surface area contributed by atoms with Gasteiger partial charge < -0.3 is 38.5 Å². The Morgan fingerprint density at radius 1 is 0.768 bits per heavy atom. The van der Waals surface area contributed by atoms with Crippen LogP contribution in [0, 0.1) is 0 Å². The molecule has 2 aliphatic heterocycles. The van der Waals surface area contributed by atoms with Crippen LogP contribution >= 0.6 is 0 Å². The van der Waals surface area contributed by atoms with E-state index in [1.165, 1.54) is 77.0 Å². The van der Waals surface area contributed by atoms with Crippen molar-refractivity contribution in [1.82, 2.24) is 5.32 Å². The van der Waals surface area contributed by atoms with Gasteiger partial charge in [0.2, 0.25) is 5.91 Å². The lowest BCUT2D eigenvalue weighted by Crippen LogP contribution is -2.66. The molecule has 0 aliphatic carbocycles. The topological polar surface area (TPSA) is 93.7 Å². The summed E-state index contributed by atoms with van der Waals surface area (Å²) in [7, 11) is 0. The average molecular weight is 780 g/mol. The van der Waals surface area contributed by atoms with Gasteiger partial charge in [-0.15, -0.1) is 6.58 Å². The van der Waals surface area contributed by atoms with E-state index in [1.807, 2.05) is 74.5 Å². The SMILES string of the molecule is C=CCCC(=O)N[C@H]1[C@@H](OCCCCCCCCCCCCCCCC)O[C@H](COC[C@@H]2COC(C)(C)O2)[C@@H](OCc2ccccc2)[C@@H]1OCc1ccccc1. The second kappa shape index (κ2) is 27.1. The average Bonchev–Trinajstić information content (AvgIpc) is 3.56. The van der Waals surface area contributed by atoms with Crippen molar-refractivity contribution in [3.63, 3.8) is 0 Å². The molecular weight excluding hydrogens is 707 g/mol. The first-order chi connectivity index (χ1) is 27.4. The van der Waals surface area contributed by atoms with Crippen LogP contribution in [-0.4, -0.2) is 74.9 Å². The Bertz CT molecular complexity index is 1310. The zero-order valence-corrected chi connectivity index (χ0v) is 34.8. The van der Waals surface area contributed by atoms with Gasteiger partial charge in [-0.3, -0.25) is 4.79 Å². The van der Waals surface area contributed by atoms with Crippen LogP contribution in [0.2, 0.25) is 0 Å². The molecule has 2 saturated heterocycles. The molecule has 0 saturated carbocycles. The number of allylic oxidation sites excluding steroid dienone is 1. The number of carbonyl (C=O) groups is 1. The number of carbonyl (C=O) groups excluding carboxylic acids is 1. The van der Waals surface area contributed by atoms with Gasteiger partial charge in [0.25, 0.3) is 0 Å². The van der Waals surface area contributed by atoms with Gasteiger partial charge in [-0.25, -0.2) is 0 Å². The quantitative estimate of drug-likeness (QED) is 0.0619. The van der Waals surface area contributed by atoms with Gasteiger partial charge in [0.05, 0.1) is 33.0 Å². The van der Waals surface area contributed by atoms with Gasteiger partial charge in [0, 0.05) is 13.0 Å². The number of ether oxygens (including phenoxy) is 7. The van der Waals surface area contributed by atoms with Gasteiger partial charge in [-0.1, -0.05) is 157 Å². The molecule has 0 bridgehead atoms. The number of amides is 1. The second-order valence-electron chi connectivity index (χ2n) is 15.9. The number of hydrogen-bond acceptors (Lipinski definition) is 8. The normalized spacial score (nSPS) is 23.3. The highest BCUT2D eigenvalue weighted by Crippen LogP contribution is 2.30. The van der Waals surface area contributed by atoms with E-state index in [0.29, 0.717) is 45.9 Å². The second-order valence-corrected chi connectivity index (χ2v) is 15.9. The molecule has 6 atom stereocenters. The van der Waals surface area contributed by atoms with Crippen molar-refractivity contribution in [3.8, 4) is 0 Å². The molecule has 0 aromatic heterocycles. The molecule has 2 heterocycles. The highest BCUT2D eigenvalue weighted by atomic mass is 16.8. The van der Waals surface area contributed by atoms with Crippen molar-refractivity contribution < 1.29 is 38.0 Å². The fourth-order valence-corrected chi connectivity index (χ4v) is 7.41. The maximum Gasteiger partial charge on any atom is 0.220 e. The third kappa shape index (κ3) is 17.9. The molecule has 4 rings (SSSR count). The summed E-state index contributed by atoms with van der Waals surface area (Å²) in [6, 6.07) is 19.5. The first-order valence-corrected chi connectivity index (χ1v) is 21.8. The third-order valence-corrected chi connectivity index (χ3v) is 10.6. The first kappa shape index (κ1) is 46.1. The molecule has 0 radical (unpaired) electrons. The monoisotopic (exact) mass is 780 g/mol. The predicted molar refractivity (Wildman–Crippen MR) is 222 cm³/mol. The van der Waals surface area contributed by atoms with Crippen LogP contribution < -0.4 is 5.32 Å². The van der Waals surface area contributed by atoms with E-state index in [2.05, 4.69) is 18.8 Å². The molecule has 9 nitrogen and oxygen atoms in total. The van der Waals surface area contributed by atoms with Gasteiger partial charge in [0.1, 0.15) is 30.5 Å². The summed E-state index contributed by atoms with van der Waals surface area (Å²) in [6.45, 7) is 12.1. The van der Waals surface area contributed by atoms with Crippen LogP contribution in [0.25, 0.3) is 0 Å². The van der Waals surface area contributed by atoms with Crippen molar-refractivity contribution in [3.05, 3.63) is 84.4 Å². The first-order valence-electron chi connectivity index (χ1n) is 21.8. The minimum absolute atomic E-state index is 0.116. The smallest absolute Gasteiger partial charge is 0.220 e. The van der Waals surface area contributed by atoms with Crippen molar-refractivity contribution >= 4 is 5.91 Å². The fraction of sp³-hybridized carbons (Fsp3) is 0.681. The van der Waals surface area contributed by atoms with E-state index in [4.69, 9.17) is 33.2 Å². The lowest BCUT2D eigenvalue weighted by atomic mass is 9.95. The standard InChI is InChI=1S/C47H73NO8/c1-5-7-9-10-11-12-13-14-15-16-17-18-19-26-32-51-46-43(48-42(49)31-8-6-2)45(53-34-39-29-24-21-25-30-39)44(52-33-38-27-22-20-23-28-38)41(55-46)37-50-35-40-36-54-47(3,4)56-40/h6,20-25,27-30,40-41,43-46H,2,5,7-19,26,31-37H2,1,3-4H3,(H,48,49)/t40-,41-,43-,44-,45-,46+/m1/s1. The van der Waals surface area contributed by atoms with Crippen molar-refractivity contribution in [2.45, 2.75) is 179 Å². The fourth-order valence-electron chi connectivity index (χ4n) is 7.41. The Morgan fingerprint density at radius 3 is 1.86 bits per heavy atom. The van der Waals surface area contributed by atoms with Crippen LogP contribution in [0.3, 0.4) is 0 Å². The van der Waals surface area contributed by atoms with Crippen LogP contribution in [0.5, 0.6) is 0 Å². The van der Waals surface area contributed by atoms with Crippen LogP contribution in [0.4, 0.5) is 0 Å². The molecule has 0 unspecified atom stereocenters. The van der Waals surface area contributed by atoms with E-state index in [9.17, 15) is 4.79 Å². The Kier molecular flexibility index (Phi) is 22.3. The maximum absolute atomic E-state index is 13.4. The zero-order valence-electron chi connectivity index (χ0n) is 34.8. The maximum atomic E-state index is 13.4. The number of unbranched alkanes of at least 4 members (excludes halogenated alkanes) is 13. The van der Waals surface area contributed by atoms with E-state index in [-0.39, 0.29) is 18.6 Å². The summed E-state index contributed by atoms with van der Waals surface area (Å²) < 4.78 is 44.8. The number of rotatable bonds is 30. The highest BCUT2D eigenvalue weighted by Gasteiger charge is 2.49. The number of benzene rings is 2. The van der Waals surface area contributed by atoms with E-state index >= 15 is 0 Å². The molecule has 1 amide bonds. The molecule has 2 aromatic rings. The Labute approximate surface area is 338 Å². The lowest BCUT2D eigenvalue weighted by Gasteiger charge is -2.46. The summed E-state index contributed by atoms with van der Waals surface area (Å²) in [5.41, 5.74) is 2.04. The van der Waals surface area contributed by atoms with Gasteiger partial charge in [0.15, 0.2) is 12.1 Å². The van der Waals surface area contributed by atoms with E-state index in [1.54, 1.807) is 6.08 Å². The van der Waals surface area contributed by atoms with Crippen LogP contribution in [-0.2, 0) is 51.2 Å². The van der Waals surface area contributed by atoms with E-state index < -0.39 is 36.4 Å². The van der Waals surface area contributed by atoms with Gasteiger partial charge >= 0.3 is 0 Å². The summed E-state index contributed by atoms with van der Waals surface area (Å²) in [5.74, 6) is -0.759. The number of hydrogen-bond donors (Lipinski definition) is 1. The largest absolute Gasteiger partial charge is 0.376 e. The van der Waals surface area contributed by atoms with E-state index in [0.717, 1.165) is 24.0 Å². The lowest BCUT2D eigenvalue weighted by molar-refractivity contribution is -0.291. The van der Waals surface area contributed by atoms with Crippen LogP contribution in [0.1, 0.15) is 135 Å². The third-order valence-electron chi connectivity index (χ3n) is 10.6. The zero-order chi connectivity index (χ0) is 39.7. The molecule has 314 valence electrons. The van der Waals surface area contributed by atoms with Gasteiger partial charge in [-0.2, -0.15) is 0 Å². The van der Waals surface area contributed by atoms with Gasteiger partial charge in [-0.05, 0) is 37.8 Å².